The molecular formula is C15H14ClNO2. The molecule has 98 valence electrons. The molecule has 1 N–H and O–H groups in total. The average Bonchev–Trinajstić information content (AvgIpc) is 2.47. The molecule has 0 saturated carbocycles. The predicted molar refractivity (Wildman–Crippen MR) is 76.2 cm³/mol. The molecule has 1 amide bonds. The van der Waals surface area contributed by atoms with Gasteiger partial charge in [-0.05, 0) is 23.3 Å². The van der Waals surface area contributed by atoms with E-state index in [9.17, 15) is 4.79 Å². The maximum Gasteiger partial charge on any atom is 0.411 e. The highest BCUT2D eigenvalue weighted by Gasteiger charge is 2.03. The zero-order valence-corrected chi connectivity index (χ0v) is 11.1. The summed E-state index contributed by atoms with van der Waals surface area (Å²) in [6.07, 6.45) is -0.470. The van der Waals surface area contributed by atoms with Crippen LogP contribution in [0.25, 0.3) is 0 Å². The van der Waals surface area contributed by atoms with E-state index in [0.29, 0.717) is 11.6 Å². The first-order chi connectivity index (χ1) is 9.28. The number of alkyl halides is 1. The fourth-order valence-corrected chi connectivity index (χ4v) is 1.73. The maximum atomic E-state index is 11.6. The topological polar surface area (TPSA) is 38.3 Å². The van der Waals surface area contributed by atoms with Crippen LogP contribution < -0.4 is 5.32 Å². The van der Waals surface area contributed by atoms with Crippen LogP contribution in [0.5, 0.6) is 0 Å². The van der Waals surface area contributed by atoms with E-state index in [-0.39, 0.29) is 6.61 Å². The van der Waals surface area contributed by atoms with Crippen molar-refractivity contribution in [3.05, 3.63) is 65.7 Å². The molecule has 2 aromatic carbocycles. The summed E-state index contributed by atoms with van der Waals surface area (Å²) < 4.78 is 5.11. The molecule has 0 atom stereocenters. The Kier molecular flexibility index (Phi) is 4.81. The molecule has 2 rings (SSSR count). The van der Waals surface area contributed by atoms with Gasteiger partial charge in [-0.25, -0.2) is 4.79 Å². The van der Waals surface area contributed by atoms with Gasteiger partial charge in [0.1, 0.15) is 6.61 Å². The summed E-state index contributed by atoms with van der Waals surface area (Å²) in [5.41, 5.74) is 2.65. The highest BCUT2D eigenvalue weighted by atomic mass is 35.5. The number of carbonyl (C=O) groups is 1. The molecule has 2 aromatic rings. The summed E-state index contributed by atoms with van der Waals surface area (Å²) in [4.78, 5) is 11.6. The van der Waals surface area contributed by atoms with Crippen molar-refractivity contribution in [1.29, 1.82) is 0 Å². The standard InChI is InChI=1S/C15H14ClNO2/c16-10-12-6-8-14(9-7-12)17-15(18)19-11-13-4-2-1-3-5-13/h1-9H,10-11H2,(H,17,18). The molecule has 3 nitrogen and oxygen atoms in total. The minimum absolute atomic E-state index is 0.256. The monoisotopic (exact) mass is 275 g/mol. The van der Waals surface area contributed by atoms with Crippen LogP contribution in [0.3, 0.4) is 0 Å². The van der Waals surface area contributed by atoms with Crippen LogP contribution in [-0.4, -0.2) is 6.09 Å². The van der Waals surface area contributed by atoms with E-state index in [1.54, 1.807) is 12.1 Å². The van der Waals surface area contributed by atoms with Crippen molar-refractivity contribution in [3.8, 4) is 0 Å². The summed E-state index contributed by atoms with van der Waals surface area (Å²) in [6.45, 7) is 0.256. The lowest BCUT2D eigenvalue weighted by Crippen LogP contribution is -2.13. The van der Waals surface area contributed by atoms with E-state index in [2.05, 4.69) is 5.32 Å². The van der Waals surface area contributed by atoms with Gasteiger partial charge < -0.3 is 4.74 Å². The minimum atomic E-state index is -0.470. The maximum absolute atomic E-state index is 11.6. The minimum Gasteiger partial charge on any atom is -0.444 e. The molecule has 0 radical (unpaired) electrons. The number of carbonyl (C=O) groups excluding carboxylic acids is 1. The second-order valence-corrected chi connectivity index (χ2v) is 4.28. The third-order valence-electron chi connectivity index (χ3n) is 2.57. The van der Waals surface area contributed by atoms with E-state index in [0.717, 1.165) is 11.1 Å². The first-order valence-corrected chi connectivity index (χ1v) is 6.44. The molecule has 0 heterocycles. The van der Waals surface area contributed by atoms with Crippen LogP contribution in [0.15, 0.2) is 54.6 Å². The predicted octanol–water partition coefficient (Wildman–Crippen LogP) is 4.17. The Bertz CT molecular complexity index is 526. The van der Waals surface area contributed by atoms with Gasteiger partial charge in [-0.3, -0.25) is 5.32 Å². The molecule has 0 aliphatic rings. The number of rotatable bonds is 4. The van der Waals surface area contributed by atoms with Crippen LogP contribution in [-0.2, 0) is 17.2 Å². The van der Waals surface area contributed by atoms with E-state index >= 15 is 0 Å². The summed E-state index contributed by atoms with van der Waals surface area (Å²) in [7, 11) is 0. The van der Waals surface area contributed by atoms with Crippen LogP contribution in [0, 0.1) is 0 Å². The molecule has 19 heavy (non-hydrogen) atoms. The molecule has 0 aliphatic heterocycles. The summed E-state index contributed by atoms with van der Waals surface area (Å²) in [6, 6.07) is 16.8. The smallest absolute Gasteiger partial charge is 0.411 e. The fourth-order valence-electron chi connectivity index (χ4n) is 1.55. The zero-order chi connectivity index (χ0) is 13.5. The Balaban J connectivity index is 1.83. The third kappa shape index (κ3) is 4.30. The van der Waals surface area contributed by atoms with Gasteiger partial charge in [-0.1, -0.05) is 42.5 Å². The zero-order valence-electron chi connectivity index (χ0n) is 10.3. The van der Waals surface area contributed by atoms with Gasteiger partial charge in [0.2, 0.25) is 0 Å². The van der Waals surface area contributed by atoms with Crippen molar-refractivity contribution in [3.63, 3.8) is 0 Å². The molecule has 0 aromatic heterocycles. The van der Waals surface area contributed by atoms with Crippen LogP contribution in [0.1, 0.15) is 11.1 Å². The number of amides is 1. The van der Waals surface area contributed by atoms with Crippen molar-refractivity contribution < 1.29 is 9.53 Å². The molecule has 4 heteroatoms. The lowest BCUT2D eigenvalue weighted by Gasteiger charge is -2.07. The van der Waals surface area contributed by atoms with Crippen molar-refractivity contribution in [1.82, 2.24) is 0 Å². The first kappa shape index (κ1) is 13.4. The van der Waals surface area contributed by atoms with Crippen LogP contribution >= 0.6 is 11.6 Å². The van der Waals surface area contributed by atoms with Crippen molar-refractivity contribution in [2.45, 2.75) is 12.5 Å². The number of hydrogen-bond donors (Lipinski definition) is 1. The highest BCUT2D eigenvalue weighted by Crippen LogP contribution is 2.11. The quantitative estimate of drug-likeness (QED) is 0.850. The molecule has 0 saturated heterocycles. The number of halogens is 1. The largest absolute Gasteiger partial charge is 0.444 e. The molecule has 0 spiro atoms. The van der Waals surface area contributed by atoms with Crippen molar-refractivity contribution >= 4 is 23.4 Å². The SMILES string of the molecule is O=C(Nc1ccc(CCl)cc1)OCc1ccccc1. The Labute approximate surface area is 117 Å². The normalized spacial score (nSPS) is 9.95. The highest BCUT2D eigenvalue weighted by molar-refractivity contribution is 6.17. The van der Waals surface area contributed by atoms with Crippen molar-refractivity contribution in [2.75, 3.05) is 5.32 Å². The number of nitrogens with one attached hydrogen (secondary N) is 1. The average molecular weight is 276 g/mol. The Hall–Kier alpha value is -2.00. The fraction of sp³-hybridized carbons (Fsp3) is 0.133. The van der Waals surface area contributed by atoms with Gasteiger partial charge in [0, 0.05) is 11.6 Å². The first-order valence-electron chi connectivity index (χ1n) is 5.90. The summed E-state index contributed by atoms with van der Waals surface area (Å²) in [5.74, 6) is 0.457. The number of anilines is 1. The number of hydrogen-bond acceptors (Lipinski definition) is 2. The van der Waals surface area contributed by atoms with E-state index < -0.39 is 6.09 Å². The van der Waals surface area contributed by atoms with Gasteiger partial charge in [-0.2, -0.15) is 0 Å². The number of benzene rings is 2. The lowest BCUT2D eigenvalue weighted by atomic mass is 10.2. The molecular weight excluding hydrogens is 262 g/mol. The van der Waals surface area contributed by atoms with Gasteiger partial charge >= 0.3 is 6.09 Å². The second-order valence-electron chi connectivity index (χ2n) is 4.02. The van der Waals surface area contributed by atoms with Gasteiger partial charge in [0.25, 0.3) is 0 Å². The lowest BCUT2D eigenvalue weighted by molar-refractivity contribution is 0.155. The molecule has 0 bridgehead atoms. The summed E-state index contributed by atoms with van der Waals surface area (Å²) in [5, 5.41) is 2.66. The number of ether oxygens (including phenoxy) is 1. The van der Waals surface area contributed by atoms with E-state index in [1.165, 1.54) is 0 Å². The van der Waals surface area contributed by atoms with Crippen molar-refractivity contribution in [2.24, 2.45) is 0 Å². The Morgan fingerprint density at radius 2 is 1.68 bits per heavy atom. The molecule has 0 fully saturated rings. The second kappa shape index (κ2) is 6.81. The van der Waals surface area contributed by atoms with Gasteiger partial charge in [0.05, 0.1) is 0 Å². The van der Waals surface area contributed by atoms with Gasteiger partial charge in [0.15, 0.2) is 0 Å². The summed E-state index contributed by atoms with van der Waals surface area (Å²) >= 11 is 5.69. The third-order valence-corrected chi connectivity index (χ3v) is 2.88. The van der Waals surface area contributed by atoms with Crippen LogP contribution in [0.4, 0.5) is 10.5 Å². The molecule has 0 unspecified atom stereocenters. The Morgan fingerprint density at radius 3 is 2.32 bits per heavy atom. The van der Waals surface area contributed by atoms with Gasteiger partial charge in [-0.15, -0.1) is 11.6 Å². The molecule has 0 aliphatic carbocycles. The van der Waals surface area contributed by atoms with Crippen LogP contribution in [0.2, 0.25) is 0 Å². The Morgan fingerprint density at radius 1 is 1.00 bits per heavy atom. The van der Waals surface area contributed by atoms with E-state index in [1.807, 2.05) is 42.5 Å². The van der Waals surface area contributed by atoms with E-state index in [4.69, 9.17) is 16.3 Å².